The summed E-state index contributed by atoms with van der Waals surface area (Å²) in [6.07, 6.45) is 3.73. The molecule has 0 unspecified atom stereocenters. The van der Waals surface area contributed by atoms with E-state index in [1.165, 1.54) is 29.5 Å². The summed E-state index contributed by atoms with van der Waals surface area (Å²) >= 11 is 1.44. The highest BCUT2D eigenvalue weighted by molar-refractivity contribution is 7.91. The number of aryl methyl sites for hydroxylation is 1. The maximum Gasteiger partial charge on any atom is 0.278 e. The second-order valence-electron chi connectivity index (χ2n) is 9.04. The molecular formula is C28H27N3O5S2. The molecule has 0 saturated heterocycles. The van der Waals surface area contributed by atoms with Crippen LogP contribution in [0, 0.1) is 0 Å². The van der Waals surface area contributed by atoms with E-state index in [0.717, 1.165) is 41.7 Å². The molecule has 8 nitrogen and oxygen atoms in total. The number of rotatable bonds is 8. The van der Waals surface area contributed by atoms with Crippen LogP contribution in [-0.2, 0) is 29.2 Å². The first-order valence-corrected chi connectivity index (χ1v) is 14.9. The van der Waals surface area contributed by atoms with Gasteiger partial charge in [0.05, 0.1) is 16.2 Å². The maximum absolute atomic E-state index is 13.3. The summed E-state index contributed by atoms with van der Waals surface area (Å²) in [5.41, 5.74) is 3.17. The lowest BCUT2D eigenvalue weighted by molar-refractivity contribution is 0.0951. The topological polar surface area (TPSA) is 118 Å². The van der Waals surface area contributed by atoms with Crippen LogP contribution in [0.25, 0.3) is 11.3 Å². The highest BCUT2D eigenvalue weighted by Crippen LogP contribution is 2.38. The Morgan fingerprint density at radius 1 is 1.00 bits per heavy atom. The van der Waals surface area contributed by atoms with Crippen molar-refractivity contribution < 1.29 is 22.5 Å². The number of sulfone groups is 1. The van der Waals surface area contributed by atoms with E-state index in [0.29, 0.717) is 28.4 Å². The van der Waals surface area contributed by atoms with Crippen LogP contribution >= 0.6 is 11.3 Å². The zero-order valence-corrected chi connectivity index (χ0v) is 22.5. The lowest BCUT2D eigenvalue weighted by atomic mass is 9.95. The highest BCUT2D eigenvalue weighted by Gasteiger charge is 2.27. The van der Waals surface area contributed by atoms with Gasteiger partial charge in [0.2, 0.25) is 0 Å². The molecule has 0 saturated carbocycles. The van der Waals surface area contributed by atoms with Gasteiger partial charge in [0.15, 0.2) is 21.3 Å². The molecule has 38 heavy (non-hydrogen) atoms. The third kappa shape index (κ3) is 5.41. The van der Waals surface area contributed by atoms with E-state index in [9.17, 15) is 18.0 Å². The molecule has 10 heteroatoms. The molecule has 4 aromatic rings. The van der Waals surface area contributed by atoms with Crippen LogP contribution in [0.15, 0.2) is 70.1 Å². The Morgan fingerprint density at radius 2 is 1.74 bits per heavy atom. The molecule has 0 radical (unpaired) electrons. The Labute approximate surface area is 225 Å². The molecule has 0 atom stereocenters. The molecule has 196 valence electrons. The van der Waals surface area contributed by atoms with Gasteiger partial charge in [-0.15, -0.1) is 11.3 Å². The van der Waals surface area contributed by atoms with Crippen molar-refractivity contribution in [1.82, 2.24) is 10.5 Å². The standard InChI is InChI=1S/C28H27N3O5S2/c1-2-38(34,35)20-14-12-19(13-15-20)23-16-22(31-36-23)26(32)30-28-25(21-10-6-7-11-24(21)37-28)27(33)29-17-18-8-4-3-5-9-18/h3-5,8-9,12-16H,2,6-7,10-11,17H2,1H3,(H,29,33)(H,30,32). The zero-order chi connectivity index (χ0) is 26.7. The van der Waals surface area contributed by atoms with Crippen molar-refractivity contribution in [2.45, 2.75) is 44.0 Å². The van der Waals surface area contributed by atoms with Crippen LogP contribution in [0.2, 0.25) is 0 Å². The van der Waals surface area contributed by atoms with Gasteiger partial charge < -0.3 is 15.2 Å². The number of carbonyl (C=O) groups is 2. The Bertz CT molecular complexity index is 1570. The van der Waals surface area contributed by atoms with E-state index in [4.69, 9.17) is 4.52 Å². The fourth-order valence-electron chi connectivity index (χ4n) is 4.44. The molecule has 0 aliphatic heterocycles. The molecule has 2 heterocycles. The van der Waals surface area contributed by atoms with E-state index in [-0.39, 0.29) is 22.2 Å². The molecule has 5 rings (SSSR count). The Kier molecular flexibility index (Phi) is 7.44. The first-order valence-electron chi connectivity index (χ1n) is 12.4. The largest absolute Gasteiger partial charge is 0.355 e. The number of nitrogens with zero attached hydrogens (tertiary/aromatic N) is 1. The van der Waals surface area contributed by atoms with Crippen LogP contribution in [0.5, 0.6) is 0 Å². The number of carbonyl (C=O) groups excluding carboxylic acids is 2. The number of anilines is 1. The van der Waals surface area contributed by atoms with E-state index < -0.39 is 15.7 Å². The van der Waals surface area contributed by atoms with Gasteiger partial charge in [-0.25, -0.2) is 8.42 Å². The predicted octanol–water partition coefficient (Wildman–Crippen LogP) is 5.26. The lowest BCUT2D eigenvalue weighted by Gasteiger charge is -2.13. The minimum absolute atomic E-state index is 0.0113. The maximum atomic E-state index is 13.3. The van der Waals surface area contributed by atoms with E-state index in [1.54, 1.807) is 19.1 Å². The first-order chi connectivity index (χ1) is 18.4. The van der Waals surface area contributed by atoms with Crippen LogP contribution in [-0.4, -0.2) is 31.1 Å². The molecule has 0 bridgehead atoms. The molecule has 2 N–H and O–H groups in total. The summed E-state index contributed by atoms with van der Waals surface area (Å²) < 4.78 is 29.5. The fraction of sp³-hybridized carbons (Fsp3) is 0.250. The van der Waals surface area contributed by atoms with Gasteiger partial charge >= 0.3 is 0 Å². The van der Waals surface area contributed by atoms with Gasteiger partial charge in [-0.05, 0) is 61.1 Å². The van der Waals surface area contributed by atoms with Gasteiger partial charge in [0, 0.05) is 23.1 Å². The molecule has 2 amide bonds. The summed E-state index contributed by atoms with van der Waals surface area (Å²) in [5, 5.41) is 10.3. The summed E-state index contributed by atoms with van der Waals surface area (Å²) in [4.78, 5) is 27.7. The molecule has 0 fully saturated rings. The van der Waals surface area contributed by atoms with Gasteiger partial charge in [0.25, 0.3) is 11.8 Å². The average molecular weight is 550 g/mol. The summed E-state index contributed by atoms with van der Waals surface area (Å²) in [7, 11) is -3.31. The normalized spacial score (nSPS) is 13.1. The molecule has 1 aliphatic rings. The van der Waals surface area contributed by atoms with Crippen LogP contribution in [0.3, 0.4) is 0 Å². The van der Waals surface area contributed by atoms with Crippen LogP contribution < -0.4 is 10.6 Å². The second kappa shape index (κ2) is 10.9. The molecule has 0 spiro atoms. The van der Waals surface area contributed by atoms with Crippen molar-refractivity contribution in [2.75, 3.05) is 11.1 Å². The molecule has 2 aromatic heterocycles. The number of aromatic nitrogens is 1. The molecular weight excluding hydrogens is 522 g/mol. The van der Waals surface area contributed by atoms with E-state index in [1.807, 2.05) is 30.3 Å². The number of benzene rings is 2. The van der Waals surface area contributed by atoms with Crippen molar-refractivity contribution in [2.24, 2.45) is 0 Å². The first kappa shape index (κ1) is 25.9. The average Bonchev–Trinajstić information content (AvgIpc) is 3.58. The van der Waals surface area contributed by atoms with Gasteiger partial charge in [-0.3, -0.25) is 9.59 Å². The van der Waals surface area contributed by atoms with Gasteiger partial charge in [-0.1, -0.05) is 42.4 Å². The number of hydrogen-bond acceptors (Lipinski definition) is 7. The minimum Gasteiger partial charge on any atom is -0.355 e. The Balaban J connectivity index is 1.35. The smallest absolute Gasteiger partial charge is 0.278 e. The van der Waals surface area contributed by atoms with Crippen LogP contribution in [0.4, 0.5) is 5.00 Å². The summed E-state index contributed by atoms with van der Waals surface area (Å²) in [6, 6.07) is 17.4. The van der Waals surface area contributed by atoms with E-state index >= 15 is 0 Å². The third-order valence-electron chi connectivity index (χ3n) is 6.54. The summed E-state index contributed by atoms with van der Waals surface area (Å²) in [6.45, 7) is 1.98. The van der Waals surface area contributed by atoms with Gasteiger partial charge in [-0.2, -0.15) is 0 Å². The SMILES string of the molecule is CCS(=O)(=O)c1ccc(-c2cc(C(=O)Nc3sc4c(c3C(=O)NCc3ccccc3)CCCC4)no2)cc1. The quantitative estimate of drug-likeness (QED) is 0.310. The minimum atomic E-state index is -3.31. The second-order valence-corrected chi connectivity index (χ2v) is 12.4. The molecule has 2 aromatic carbocycles. The number of thiophene rings is 1. The number of fused-ring (bicyclic) bond motifs is 1. The van der Waals surface area contributed by atoms with E-state index in [2.05, 4.69) is 15.8 Å². The van der Waals surface area contributed by atoms with Crippen LogP contribution in [0.1, 0.15) is 56.6 Å². The number of hydrogen-bond donors (Lipinski definition) is 2. The zero-order valence-electron chi connectivity index (χ0n) is 20.8. The Morgan fingerprint density at radius 3 is 2.47 bits per heavy atom. The van der Waals surface area contributed by atoms with Crippen molar-refractivity contribution in [3.8, 4) is 11.3 Å². The van der Waals surface area contributed by atoms with Crippen molar-refractivity contribution in [3.63, 3.8) is 0 Å². The number of nitrogens with one attached hydrogen (secondary N) is 2. The van der Waals surface area contributed by atoms with Gasteiger partial charge in [0.1, 0.15) is 5.00 Å². The highest BCUT2D eigenvalue weighted by atomic mass is 32.2. The monoisotopic (exact) mass is 549 g/mol. The predicted molar refractivity (Wildman–Crippen MR) is 146 cm³/mol. The fourth-order valence-corrected chi connectivity index (χ4v) is 6.61. The summed E-state index contributed by atoms with van der Waals surface area (Å²) in [5.74, 6) is -0.355. The lowest BCUT2D eigenvalue weighted by Crippen LogP contribution is -2.25. The van der Waals surface area contributed by atoms with Crippen molar-refractivity contribution in [1.29, 1.82) is 0 Å². The van der Waals surface area contributed by atoms with Crippen molar-refractivity contribution in [3.05, 3.63) is 87.9 Å². The third-order valence-corrected chi connectivity index (χ3v) is 9.50. The Hall–Kier alpha value is -3.76. The van der Waals surface area contributed by atoms with Crippen molar-refractivity contribution >= 4 is 38.0 Å². The molecule has 1 aliphatic carbocycles. The number of amides is 2.